The molecule has 1 aromatic rings. The van der Waals surface area contributed by atoms with Crippen molar-refractivity contribution in [3.63, 3.8) is 0 Å². The molecule has 0 aliphatic rings. The molecule has 3 heteroatoms. The first kappa shape index (κ1) is 14.2. The Labute approximate surface area is 107 Å². The van der Waals surface area contributed by atoms with Gasteiger partial charge in [-0.2, -0.15) is 0 Å². The van der Waals surface area contributed by atoms with Crippen LogP contribution in [0.4, 0.5) is 4.39 Å². The van der Waals surface area contributed by atoms with Crippen molar-refractivity contribution in [3.8, 4) is 0 Å². The number of hydrogen-bond donors (Lipinski definition) is 0. The summed E-state index contributed by atoms with van der Waals surface area (Å²) < 4.78 is 17.9. The average Bonchev–Trinajstić information content (AvgIpc) is 2.35. The Kier molecular flexibility index (Phi) is 5.31. The third-order valence-corrected chi connectivity index (χ3v) is 2.38. The molecule has 18 heavy (non-hydrogen) atoms. The van der Waals surface area contributed by atoms with Crippen molar-refractivity contribution in [2.45, 2.75) is 26.4 Å². The Morgan fingerprint density at radius 2 is 2.06 bits per heavy atom. The van der Waals surface area contributed by atoms with Gasteiger partial charge in [-0.3, -0.25) is 0 Å². The topological polar surface area (TPSA) is 26.3 Å². The normalized spacial score (nSPS) is 12.4. The van der Waals surface area contributed by atoms with Crippen LogP contribution >= 0.6 is 0 Å². The molecule has 0 aliphatic heterocycles. The molecule has 0 fully saturated rings. The first-order valence-electron chi connectivity index (χ1n) is 5.83. The quantitative estimate of drug-likeness (QED) is 0.586. The second-order valence-electron chi connectivity index (χ2n) is 4.04. The van der Waals surface area contributed by atoms with E-state index in [2.05, 4.69) is 6.58 Å². The van der Waals surface area contributed by atoms with Gasteiger partial charge in [0.25, 0.3) is 0 Å². The lowest BCUT2D eigenvalue weighted by atomic mass is 10.1. The molecule has 2 nitrogen and oxygen atoms in total. The lowest BCUT2D eigenvalue weighted by Gasteiger charge is -2.11. The minimum Gasteiger partial charge on any atom is -0.455 e. The van der Waals surface area contributed by atoms with Gasteiger partial charge < -0.3 is 4.74 Å². The molecule has 0 aliphatic carbocycles. The summed E-state index contributed by atoms with van der Waals surface area (Å²) in [6.45, 7) is 7.06. The zero-order valence-corrected chi connectivity index (χ0v) is 10.7. The maximum absolute atomic E-state index is 12.7. The summed E-state index contributed by atoms with van der Waals surface area (Å²) in [5.74, 6) is -0.668. The van der Waals surface area contributed by atoms with Crippen LogP contribution < -0.4 is 0 Å². The van der Waals surface area contributed by atoms with Crippen molar-refractivity contribution in [2.75, 3.05) is 0 Å². The Morgan fingerprint density at radius 1 is 1.44 bits per heavy atom. The van der Waals surface area contributed by atoms with Gasteiger partial charge in [-0.1, -0.05) is 31.7 Å². The molecular weight excluding hydrogens is 231 g/mol. The second kappa shape index (κ2) is 6.74. The number of hydrogen-bond acceptors (Lipinski definition) is 2. The number of ether oxygens (including phenoxy) is 1. The number of benzene rings is 1. The maximum Gasteiger partial charge on any atom is 0.333 e. The summed E-state index contributed by atoms with van der Waals surface area (Å²) >= 11 is 0. The van der Waals surface area contributed by atoms with E-state index in [1.54, 1.807) is 31.2 Å². The van der Waals surface area contributed by atoms with Gasteiger partial charge in [-0.25, -0.2) is 9.18 Å². The van der Waals surface area contributed by atoms with Crippen LogP contribution in [0.5, 0.6) is 0 Å². The SMILES string of the molecule is C=C(C)C(=O)OC(/C=C/c1ccc(F)cc1)CC. The predicted octanol–water partition coefficient (Wildman–Crippen LogP) is 3.74. The highest BCUT2D eigenvalue weighted by Crippen LogP contribution is 2.09. The second-order valence-corrected chi connectivity index (χ2v) is 4.04. The smallest absolute Gasteiger partial charge is 0.333 e. The van der Waals surface area contributed by atoms with Crippen LogP contribution in [0.15, 0.2) is 42.5 Å². The number of rotatable bonds is 5. The van der Waals surface area contributed by atoms with E-state index < -0.39 is 5.97 Å². The molecule has 96 valence electrons. The largest absolute Gasteiger partial charge is 0.455 e. The van der Waals surface area contributed by atoms with Crippen molar-refractivity contribution >= 4 is 12.0 Å². The molecule has 0 N–H and O–H groups in total. The van der Waals surface area contributed by atoms with Gasteiger partial charge in [-0.05, 0) is 37.1 Å². The van der Waals surface area contributed by atoms with Crippen molar-refractivity contribution in [3.05, 3.63) is 53.9 Å². The van der Waals surface area contributed by atoms with Crippen LogP contribution in [0.25, 0.3) is 6.08 Å². The van der Waals surface area contributed by atoms with E-state index in [0.29, 0.717) is 12.0 Å². The van der Waals surface area contributed by atoms with Crippen molar-refractivity contribution in [1.29, 1.82) is 0 Å². The van der Waals surface area contributed by atoms with E-state index in [0.717, 1.165) is 5.56 Å². The van der Waals surface area contributed by atoms with Crippen LogP contribution in [0.2, 0.25) is 0 Å². The van der Waals surface area contributed by atoms with E-state index in [1.165, 1.54) is 12.1 Å². The molecule has 1 atom stereocenters. The minimum absolute atomic E-state index is 0.270. The summed E-state index contributed by atoms with van der Waals surface area (Å²) in [5, 5.41) is 0. The number of halogens is 1. The molecule has 1 rings (SSSR count). The van der Waals surface area contributed by atoms with Gasteiger partial charge in [0.05, 0.1) is 0 Å². The lowest BCUT2D eigenvalue weighted by Crippen LogP contribution is -2.15. The highest BCUT2D eigenvalue weighted by molar-refractivity contribution is 5.87. The highest BCUT2D eigenvalue weighted by Gasteiger charge is 2.09. The molecule has 0 spiro atoms. The Hall–Kier alpha value is -1.90. The van der Waals surface area contributed by atoms with E-state index in [4.69, 9.17) is 4.74 Å². The summed E-state index contributed by atoms with van der Waals surface area (Å²) in [6, 6.07) is 6.11. The van der Waals surface area contributed by atoms with Crippen molar-refractivity contribution in [1.82, 2.24) is 0 Å². The fraction of sp³-hybridized carbons (Fsp3) is 0.267. The summed E-state index contributed by atoms with van der Waals surface area (Å²) in [6.07, 6.45) is 3.98. The molecule has 0 saturated heterocycles. The standard InChI is InChI=1S/C15H17FO2/c1-4-14(18-15(17)11(2)3)10-7-12-5-8-13(16)9-6-12/h5-10,14H,2,4H2,1,3H3/b10-7+. The first-order chi connectivity index (χ1) is 8.52. The van der Waals surface area contributed by atoms with Gasteiger partial charge in [0.2, 0.25) is 0 Å². The Balaban J connectivity index is 2.65. The summed E-state index contributed by atoms with van der Waals surface area (Å²) in [7, 11) is 0. The molecule has 1 unspecified atom stereocenters. The average molecular weight is 248 g/mol. The Bertz CT molecular complexity index is 446. The van der Waals surface area contributed by atoms with E-state index >= 15 is 0 Å². The van der Waals surface area contributed by atoms with Gasteiger partial charge >= 0.3 is 5.97 Å². The fourth-order valence-electron chi connectivity index (χ4n) is 1.29. The first-order valence-corrected chi connectivity index (χ1v) is 5.83. The van der Waals surface area contributed by atoms with E-state index in [9.17, 15) is 9.18 Å². The zero-order chi connectivity index (χ0) is 13.5. The monoisotopic (exact) mass is 248 g/mol. The third-order valence-electron chi connectivity index (χ3n) is 2.38. The molecule has 1 aromatic carbocycles. The molecule has 0 heterocycles. The number of esters is 1. The zero-order valence-electron chi connectivity index (χ0n) is 10.7. The van der Waals surface area contributed by atoms with Crippen LogP contribution in [0, 0.1) is 5.82 Å². The lowest BCUT2D eigenvalue weighted by molar-refractivity contribution is -0.142. The number of carbonyl (C=O) groups is 1. The van der Waals surface area contributed by atoms with Gasteiger partial charge in [-0.15, -0.1) is 0 Å². The highest BCUT2D eigenvalue weighted by atomic mass is 19.1. The molecule has 0 bridgehead atoms. The van der Waals surface area contributed by atoms with E-state index in [-0.39, 0.29) is 11.9 Å². The summed E-state index contributed by atoms with van der Waals surface area (Å²) in [4.78, 5) is 11.4. The van der Waals surface area contributed by atoms with Gasteiger partial charge in [0.15, 0.2) is 0 Å². The fourth-order valence-corrected chi connectivity index (χ4v) is 1.29. The third kappa shape index (κ3) is 4.53. The number of carbonyl (C=O) groups excluding carboxylic acids is 1. The molecule has 0 amide bonds. The van der Waals surface area contributed by atoms with Gasteiger partial charge in [0.1, 0.15) is 11.9 Å². The van der Waals surface area contributed by atoms with E-state index in [1.807, 2.05) is 6.92 Å². The van der Waals surface area contributed by atoms with Crippen LogP contribution in [0.3, 0.4) is 0 Å². The molecule has 0 aromatic heterocycles. The molecule has 0 radical (unpaired) electrons. The molecule has 0 saturated carbocycles. The van der Waals surface area contributed by atoms with Crippen LogP contribution in [0.1, 0.15) is 25.8 Å². The van der Waals surface area contributed by atoms with Crippen molar-refractivity contribution < 1.29 is 13.9 Å². The van der Waals surface area contributed by atoms with Gasteiger partial charge in [0, 0.05) is 5.57 Å². The van der Waals surface area contributed by atoms with Crippen LogP contribution in [-0.4, -0.2) is 12.1 Å². The Morgan fingerprint density at radius 3 is 2.56 bits per heavy atom. The molecular formula is C15H17FO2. The van der Waals surface area contributed by atoms with Crippen molar-refractivity contribution in [2.24, 2.45) is 0 Å². The predicted molar refractivity (Wildman–Crippen MR) is 70.4 cm³/mol. The summed E-state index contributed by atoms with van der Waals surface area (Å²) in [5.41, 5.74) is 1.24. The van der Waals surface area contributed by atoms with Crippen LogP contribution in [-0.2, 0) is 9.53 Å². The maximum atomic E-state index is 12.7. The minimum atomic E-state index is -0.398.